The Hall–Kier alpha value is -0.380. The molecule has 17 heavy (non-hydrogen) atoms. The number of thiophene rings is 1. The first-order valence-electron chi connectivity index (χ1n) is 6.80. The highest BCUT2D eigenvalue weighted by Gasteiger charge is 2.26. The molecule has 0 spiro atoms. The molecule has 3 unspecified atom stereocenters. The van der Waals surface area contributed by atoms with Crippen molar-refractivity contribution in [3.05, 3.63) is 22.4 Å². The molecular weight excluding hydrogens is 228 g/mol. The van der Waals surface area contributed by atoms with Crippen molar-refractivity contribution in [2.24, 2.45) is 0 Å². The Morgan fingerprint density at radius 3 is 2.65 bits per heavy atom. The molecule has 0 aliphatic carbocycles. The molecule has 1 aliphatic heterocycles. The number of nitrogens with zero attached hydrogens (tertiary/aromatic N) is 1. The minimum atomic E-state index is 0.484. The van der Waals surface area contributed by atoms with Crippen LogP contribution in [0.25, 0.3) is 0 Å². The third kappa shape index (κ3) is 3.09. The first-order valence-corrected chi connectivity index (χ1v) is 7.68. The lowest BCUT2D eigenvalue weighted by Gasteiger charge is -2.41. The summed E-state index contributed by atoms with van der Waals surface area (Å²) in [5.74, 6) is 0. The van der Waals surface area contributed by atoms with Gasteiger partial charge in [-0.2, -0.15) is 0 Å². The molecule has 2 heterocycles. The highest BCUT2D eigenvalue weighted by molar-refractivity contribution is 7.10. The molecule has 0 radical (unpaired) electrons. The second-order valence-electron chi connectivity index (χ2n) is 5.14. The van der Waals surface area contributed by atoms with Gasteiger partial charge in [0.15, 0.2) is 0 Å². The third-order valence-corrected chi connectivity index (χ3v) is 4.78. The molecule has 1 N–H and O–H groups in total. The summed E-state index contributed by atoms with van der Waals surface area (Å²) >= 11 is 1.86. The summed E-state index contributed by atoms with van der Waals surface area (Å²) in [5, 5.41) is 4.65. The summed E-state index contributed by atoms with van der Waals surface area (Å²) in [7, 11) is 0. The molecule has 3 heteroatoms. The number of hydrogen-bond donors (Lipinski definition) is 1. The van der Waals surface area contributed by atoms with Gasteiger partial charge in [0, 0.05) is 17.0 Å². The van der Waals surface area contributed by atoms with E-state index in [2.05, 4.69) is 48.7 Å². The van der Waals surface area contributed by atoms with Gasteiger partial charge in [-0.3, -0.25) is 0 Å². The van der Waals surface area contributed by atoms with E-state index in [1.54, 1.807) is 0 Å². The lowest BCUT2D eigenvalue weighted by Crippen LogP contribution is -2.52. The largest absolute Gasteiger partial charge is 0.246 e. The molecule has 96 valence electrons. The predicted octanol–water partition coefficient (Wildman–Crippen LogP) is 3.97. The van der Waals surface area contributed by atoms with Crippen molar-refractivity contribution in [2.75, 3.05) is 0 Å². The van der Waals surface area contributed by atoms with Gasteiger partial charge in [-0.25, -0.2) is 10.4 Å². The van der Waals surface area contributed by atoms with Gasteiger partial charge in [0.05, 0.1) is 6.04 Å². The maximum atomic E-state index is 3.75. The lowest BCUT2D eigenvalue weighted by atomic mass is 9.99. The van der Waals surface area contributed by atoms with Crippen LogP contribution in [-0.4, -0.2) is 17.1 Å². The van der Waals surface area contributed by atoms with E-state index in [1.807, 2.05) is 11.3 Å². The third-order valence-electron chi connectivity index (χ3n) is 3.79. The zero-order valence-corrected chi connectivity index (χ0v) is 12.0. The van der Waals surface area contributed by atoms with Crippen LogP contribution in [0.3, 0.4) is 0 Å². The monoisotopic (exact) mass is 252 g/mol. The number of rotatable bonds is 4. The Morgan fingerprint density at radius 1 is 1.41 bits per heavy atom. The Balaban J connectivity index is 2.02. The Labute approximate surface area is 109 Å². The zero-order valence-electron chi connectivity index (χ0n) is 11.1. The summed E-state index contributed by atoms with van der Waals surface area (Å²) in [4.78, 5) is 1.46. The van der Waals surface area contributed by atoms with Crippen LogP contribution in [-0.2, 0) is 0 Å². The van der Waals surface area contributed by atoms with Crippen LogP contribution < -0.4 is 5.43 Å². The molecule has 1 saturated heterocycles. The van der Waals surface area contributed by atoms with Crippen molar-refractivity contribution >= 4 is 11.3 Å². The van der Waals surface area contributed by atoms with E-state index in [4.69, 9.17) is 0 Å². The van der Waals surface area contributed by atoms with Crippen LogP contribution in [0.15, 0.2) is 17.5 Å². The maximum Gasteiger partial charge on any atom is 0.0555 e. The number of nitrogens with one attached hydrogen (secondary N) is 1. The summed E-state index contributed by atoms with van der Waals surface area (Å²) in [6.07, 6.45) is 5.16. The van der Waals surface area contributed by atoms with Crippen LogP contribution in [0.4, 0.5) is 0 Å². The van der Waals surface area contributed by atoms with Crippen molar-refractivity contribution in [3.8, 4) is 0 Å². The molecule has 1 aliphatic rings. The summed E-state index contributed by atoms with van der Waals surface area (Å²) in [6, 6.07) is 6.19. The topological polar surface area (TPSA) is 15.3 Å². The van der Waals surface area contributed by atoms with Gasteiger partial charge in [0.1, 0.15) is 0 Å². The van der Waals surface area contributed by atoms with E-state index in [1.165, 1.54) is 24.1 Å². The van der Waals surface area contributed by atoms with Gasteiger partial charge in [-0.15, -0.1) is 11.3 Å². The van der Waals surface area contributed by atoms with Crippen molar-refractivity contribution in [2.45, 2.75) is 64.6 Å². The lowest BCUT2D eigenvalue weighted by molar-refractivity contribution is 0.0289. The molecule has 0 saturated carbocycles. The van der Waals surface area contributed by atoms with Gasteiger partial charge >= 0.3 is 0 Å². The van der Waals surface area contributed by atoms with Crippen molar-refractivity contribution < 1.29 is 0 Å². The van der Waals surface area contributed by atoms with E-state index in [0.29, 0.717) is 18.1 Å². The smallest absolute Gasteiger partial charge is 0.0555 e. The van der Waals surface area contributed by atoms with E-state index in [0.717, 1.165) is 6.42 Å². The summed E-state index contributed by atoms with van der Waals surface area (Å²) in [6.45, 7) is 6.93. The molecule has 1 fully saturated rings. The second-order valence-corrected chi connectivity index (χ2v) is 6.12. The normalized spacial score (nSPS) is 28.2. The fourth-order valence-electron chi connectivity index (χ4n) is 2.70. The van der Waals surface area contributed by atoms with E-state index >= 15 is 0 Å². The van der Waals surface area contributed by atoms with Crippen LogP contribution in [0.2, 0.25) is 0 Å². The van der Waals surface area contributed by atoms with Crippen LogP contribution in [0, 0.1) is 0 Å². The average Bonchev–Trinajstić information content (AvgIpc) is 2.82. The molecule has 0 amide bonds. The minimum Gasteiger partial charge on any atom is -0.246 e. The molecule has 2 nitrogen and oxygen atoms in total. The first-order chi connectivity index (χ1) is 8.22. The fraction of sp³-hybridized carbons (Fsp3) is 0.714. The Bertz CT molecular complexity index is 313. The van der Waals surface area contributed by atoms with Crippen LogP contribution >= 0.6 is 11.3 Å². The van der Waals surface area contributed by atoms with Gasteiger partial charge in [0.25, 0.3) is 0 Å². The minimum absolute atomic E-state index is 0.484. The zero-order chi connectivity index (χ0) is 12.3. The molecule has 0 aromatic carbocycles. The average molecular weight is 252 g/mol. The Morgan fingerprint density at radius 2 is 2.12 bits per heavy atom. The second kappa shape index (κ2) is 5.98. The molecule has 3 atom stereocenters. The number of hydrazine groups is 1. The number of hydrogen-bond acceptors (Lipinski definition) is 3. The van der Waals surface area contributed by atoms with Crippen LogP contribution in [0.5, 0.6) is 0 Å². The van der Waals surface area contributed by atoms with Crippen molar-refractivity contribution in [1.82, 2.24) is 10.4 Å². The molecule has 1 aromatic heterocycles. The molecule has 1 aromatic rings. The SMILES string of the molecule is CCC(NN1C(C)CCCC1C)c1cccs1. The fourth-order valence-corrected chi connectivity index (χ4v) is 3.56. The summed E-state index contributed by atoms with van der Waals surface area (Å²) in [5.41, 5.74) is 3.75. The van der Waals surface area contributed by atoms with Crippen molar-refractivity contribution in [1.29, 1.82) is 0 Å². The van der Waals surface area contributed by atoms with Gasteiger partial charge in [-0.05, 0) is 44.6 Å². The van der Waals surface area contributed by atoms with Gasteiger partial charge in [0.2, 0.25) is 0 Å². The first kappa shape index (κ1) is 13.1. The van der Waals surface area contributed by atoms with Crippen molar-refractivity contribution in [3.63, 3.8) is 0 Å². The van der Waals surface area contributed by atoms with Gasteiger partial charge < -0.3 is 0 Å². The number of piperidine rings is 1. The van der Waals surface area contributed by atoms with Crippen LogP contribution in [0.1, 0.15) is 57.4 Å². The summed E-state index contributed by atoms with van der Waals surface area (Å²) < 4.78 is 0. The maximum absolute atomic E-state index is 3.75. The van der Waals surface area contributed by atoms with E-state index < -0.39 is 0 Å². The molecule has 0 bridgehead atoms. The highest BCUT2D eigenvalue weighted by Crippen LogP contribution is 2.26. The van der Waals surface area contributed by atoms with E-state index in [-0.39, 0.29) is 0 Å². The highest BCUT2D eigenvalue weighted by atomic mass is 32.1. The molecule has 2 rings (SSSR count). The Kier molecular flexibility index (Phi) is 4.60. The van der Waals surface area contributed by atoms with E-state index in [9.17, 15) is 0 Å². The standard InChI is InChI=1S/C14H24N2S/c1-4-13(14-9-6-10-17-14)15-16-11(2)7-5-8-12(16)3/h6,9-13,15H,4-5,7-8H2,1-3H3. The van der Waals surface area contributed by atoms with Gasteiger partial charge in [-0.1, -0.05) is 19.4 Å². The molecular formula is C14H24N2S. The predicted molar refractivity (Wildman–Crippen MR) is 75.1 cm³/mol. The quantitative estimate of drug-likeness (QED) is 0.872.